The van der Waals surface area contributed by atoms with Gasteiger partial charge in [0.2, 0.25) is 0 Å². The summed E-state index contributed by atoms with van der Waals surface area (Å²) in [5.41, 5.74) is 3.83. The predicted octanol–water partition coefficient (Wildman–Crippen LogP) is 6.32. The van der Waals surface area contributed by atoms with Crippen LogP contribution in [0.4, 0.5) is 0 Å². The van der Waals surface area contributed by atoms with Gasteiger partial charge in [-0.25, -0.2) is 0 Å². The number of rotatable bonds is 7. The highest BCUT2D eigenvalue weighted by molar-refractivity contribution is 6.46. The summed E-state index contributed by atoms with van der Waals surface area (Å²) in [5, 5.41) is 11.7. The van der Waals surface area contributed by atoms with Gasteiger partial charge in [0.15, 0.2) is 0 Å². The van der Waals surface area contributed by atoms with Gasteiger partial charge in [-0.3, -0.25) is 9.59 Å². The number of methoxy groups -OCH3 is 1. The summed E-state index contributed by atoms with van der Waals surface area (Å²) < 4.78 is 11.0. The van der Waals surface area contributed by atoms with Crippen LogP contribution >= 0.6 is 0 Å². The maximum Gasteiger partial charge on any atom is 0.295 e. The van der Waals surface area contributed by atoms with E-state index in [2.05, 4.69) is 20.8 Å². The molecule has 1 atom stereocenters. The Balaban J connectivity index is 1.89. The van der Waals surface area contributed by atoms with E-state index in [0.29, 0.717) is 29.2 Å². The first-order valence-electron chi connectivity index (χ1n) is 12.8. The Hall–Kier alpha value is -4.06. The standard InChI is InChI=1S/C32H35NO5/c1-7-38-25-10-8-9-22(17-25)28-27(29(34)26-18-23(32(3,4)5)14-11-20(26)2)30(35)31(36)33(28)19-21-12-15-24(37-6)16-13-21/h8-18,28,34H,7,19H2,1-6H3/b29-27+. The highest BCUT2D eigenvalue weighted by Crippen LogP contribution is 2.42. The minimum Gasteiger partial charge on any atom is -0.507 e. The summed E-state index contributed by atoms with van der Waals surface area (Å²) in [5.74, 6) is -0.199. The molecule has 1 heterocycles. The van der Waals surface area contributed by atoms with Gasteiger partial charge in [-0.1, -0.05) is 57.2 Å². The molecule has 38 heavy (non-hydrogen) atoms. The summed E-state index contributed by atoms with van der Waals surface area (Å²) in [4.78, 5) is 28.5. The second kappa shape index (κ2) is 10.7. The Labute approximate surface area is 224 Å². The molecule has 0 bridgehead atoms. The monoisotopic (exact) mass is 513 g/mol. The molecule has 3 aromatic carbocycles. The summed E-state index contributed by atoms with van der Waals surface area (Å²) >= 11 is 0. The van der Waals surface area contributed by atoms with E-state index in [1.807, 2.05) is 80.6 Å². The van der Waals surface area contributed by atoms with Crippen LogP contribution in [0.5, 0.6) is 11.5 Å². The molecule has 0 aromatic heterocycles. The summed E-state index contributed by atoms with van der Waals surface area (Å²) in [6.45, 7) is 10.7. The van der Waals surface area contributed by atoms with Gasteiger partial charge in [0.1, 0.15) is 17.3 Å². The molecule has 1 aliphatic heterocycles. The second-order valence-corrected chi connectivity index (χ2v) is 10.6. The molecule has 3 aromatic rings. The van der Waals surface area contributed by atoms with Crippen LogP contribution in [0.3, 0.4) is 0 Å². The van der Waals surface area contributed by atoms with Gasteiger partial charge in [-0.05, 0) is 71.8 Å². The number of aliphatic hydroxyl groups excluding tert-OH is 1. The highest BCUT2D eigenvalue weighted by atomic mass is 16.5. The third-order valence-electron chi connectivity index (χ3n) is 6.90. The zero-order chi connectivity index (χ0) is 27.6. The van der Waals surface area contributed by atoms with Gasteiger partial charge in [0.25, 0.3) is 11.7 Å². The summed E-state index contributed by atoms with van der Waals surface area (Å²) in [6, 6.07) is 19.8. The van der Waals surface area contributed by atoms with E-state index in [-0.39, 0.29) is 23.3 Å². The average molecular weight is 514 g/mol. The molecule has 4 rings (SSSR count). The van der Waals surface area contributed by atoms with Crippen LogP contribution in [0.1, 0.15) is 61.6 Å². The molecular formula is C32H35NO5. The van der Waals surface area contributed by atoms with Crippen molar-refractivity contribution in [3.8, 4) is 11.5 Å². The number of likely N-dealkylation sites (tertiary alicyclic amines) is 1. The van der Waals surface area contributed by atoms with Crippen LogP contribution in [-0.2, 0) is 21.5 Å². The third-order valence-corrected chi connectivity index (χ3v) is 6.90. The van der Waals surface area contributed by atoms with Gasteiger partial charge >= 0.3 is 0 Å². The van der Waals surface area contributed by atoms with E-state index in [1.165, 1.54) is 4.90 Å². The lowest BCUT2D eigenvalue weighted by molar-refractivity contribution is -0.140. The van der Waals surface area contributed by atoms with Gasteiger partial charge in [-0.2, -0.15) is 0 Å². The lowest BCUT2D eigenvalue weighted by atomic mass is 9.84. The van der Waals surface area contributed by atoms with Crippen molar-refractivity contribution in [1.29, 1.82) is 0 Å². The fourth-order valence-corrected chi connectivity index (χ4v) is 4.75. The SMILES string of the molecule is CCOc1cccc(C2/C(=C(\O)c3cc(C(C)(C)C)ccc3C)C(=O)C(=O)N2Cc2ccc(OC)cc2)c1. The number of ether oxygens (including phenoxy) is 2. The number of hydrogen-bond acceptors (Lipinski definition) is 5. The van der Waals surface area contributed by atoms with Crippen molar-refractivity contribution in [3.05, 3.63) is 100 Å². The number of carbonyl (C=O) groups is 2. The van der Waals surface area contributed by atoms with Gasteiger partial charge in [0, 0.05) is 12.1 Å². The fourth-order valence-electron chi connectivity index (χ4n) is 4.75. The smallest absolute Gasteiger partial charge is 0.295 e. The van der Waals surface area contributed by atoms with Crippen molar-refractivity contribution in [2.45, 2.75) is 52.6 Å². The molecule has 0 saturated carbocycles. The lowest BCUT2D eigenvalue weighted by Crippen LogP contribution is -2.29. The van der Waals surface area contributed by atoms with Crippen LogP contribution in [-0.4, -0.2) is 35.4 Å². The summed E-state index contributed by atoms with van der Waals surface area (Å²) in [6.07, 6.45) is 0. The molecule has 1 amide bonds. The minimum absolute atomic E-state index is 0.0753. The zero-order valence-corrected chi connectivity index (χ0v) is 22.9. The molecule has 1 N–H and O–H groups in total. The molecule has 198 valence electrons. The number of aliphatic hydroxyl groups is 1. The van der Waals surface area contributed by atoms with Crippen molar-refractivity contribution in [2.75, 3.05) is 13.7 Å². The molecule has 1 aliphatic rings. The molecule has 0 spiro atoms. The van der Waals surface area contributed by atoms with E-state index >= 15 is 0 Å². The second-order valence-electron chi connectivity index (χ2n) is 10.6. The van der Waals surface area contributed by atoms with Crippen molar-refractivity contribution >= 4 is 17.4 Å². The first kappa shape index (κ1) is 27.0. The largest absolute Gasteiger partial charge is 0.507 e. The van der Waals surface area contributed by atoms with E-state index in [1.54, 1.807) is 7.11 Å². The van der Waals surface area contributed by atoms with Crippen molar-refractivity contribution in [3.63, 3.8) is 0 Å². The van der Waals surface area contributed by atoms with Crippen LogP contribution < -0.4 is 9.47 Å². The van der Waals surface area contributed by atoms with E-state index in [9.17, 15) is 14.7 Å². The van der Waals surface area contributed by atoms with Gasteiger partial charge in [-0.15, -0.1) is 0 Å². The summed E-state index contributed by atoms with van der Waals surface area (Å²) in [7, 11) is 1.59. The zero-order valence-electron chi connectivity index (χ0n) is 22.9. The number of hydrogen-bond donors (Lipinski definition) is 1. The van der Waals surface area contributed by atoms with Crippen molar-refractivity contribution < 1.29 is 24.2 Å². The van der Waals surface area contributed by atoms with Gasteiger partial charge in [0.05, 0.1) is 25.3 Å². The van der Waals surface area contributed by atoms with E-state index in [0.717, 1.165) is 16.7 Å². The normalized spacial score (nSPS) is 17.1. The van der Waals surface area contributed by atoms with E-state index in [4.69, 9.17) is 9.47 Å². The molecule has 1 fully saturated rings. The number of aryl methyl sites for hydroxylation is 1. The Morgan fingerprint density at radius 1 is 0.974 bits per heavy atom. The number of ketones is 1. The molecular weight excluding hydrogens is 478 g/mol. The van der Waals surface area contributed by atoms with Gasteiger partial charge < -0.3 is 19.5 Å². The quantitative estimate of drug-likeness (QED) is 0.227. The molecule has 1 saturated heterocycles. The Kier molecular flexibility index (Phi) is 7.63. The van der Waals surface area contributed by atoms with Crippen molar-refractivity contribution in [1.82, 2.24) is 4.90 Å². The average Bonchev–Trinajstić information content (AvgIpc) is 3.13. The Morgan fingerprint density at radius 3 is 2.32 bits per heavy atom. The number of nitrogens with zero attached hydrogens (tertiary/aromatic N) is 1. The van der Waals surface area contributed by atoms with Crippen LogP contribution in [0.25, 0.3) is 5.76 Å². The highest BCUT2D eigenvalue weighted by Gasteiger charge is 2.46. The third kappa shape index (κ3) is 5.30. The molecule has 6 nitrogen and oxygen atoms in total. The fraction of sp³-hybridized carbons (Fsp3) is 0.312. The van der Waals surface area contributed by atoms with Crippen LogP contribution in [0.2, 0.25) is 0 Å². The first-order chi connectivity index (χ1) is 18.0. The Morgan fingerprint density at radius 2 is 1.68 bits per heavy atom. The molecule has 6 heteroatoms. The van der Waals surface area contributed by atoms with Crippen LogP contribution in [0, 0.1) is 6.92 Å². The lowest BCUT2D eigenvalue weighted by Gasteiger charge is -2.26. The van der Waals surface area contributed by atoms with Crippen molar-refractivity contribution in [2.24, 2.45) is 0 Å². The Bertz CT molecular complexity index is 1380. The molecule has 1 unspecified atom stereocenters. The topological polar surface area (TPSA) is 76.1 Å². The number of carbonyl (C=O) groups excluding carboxylic acids is 2. The van der Waals surface area contributed by atoms with E-state index < -0.39 is 17.7 Å². The predicted molar refractivity (Wildman–Crippen MR) is 148 cm³/mol. The molecule has 0 aliphatic carbocycles. The first-order valence-corrected chi connectivity index (χ1v) is 12.8. The number of benzene rings is 3. The number of Topliss-reactive ketones (excluding diaryl/α,β-unsaturated/α-hetero) is 1. The number of amides is 1. The minimum atomic E-state index is -0.782. The molecule has 0 radical (unpaired) electrons. The van der Waals surface area contributed by atoms with Crippen LogP contribution in [0.15, 0.2) is 72.3 Å². The maximum absolute atomic E-state index is 13.5. The maximum atomic E-state index is 13.5.